The fourth-order valence-corrected chi connectivity index (χ4v) is 3.91. The molecule has 0 atom stereocenters. The number of nitrogens with zero attached hydrogens (tertiary/aromatic N) is 1. The van der Waals surface area contributed by atoms with Crippen molar-refractivity contribution in [1.29, 1.82) is 0 Å². The van der Waals surface area contributed by atoms with Gasteiger partial charge in [0, 0.05) is 5.69 Å². The molecule has 32 heavy (non-hydrogen) atoms. The number of aryl methyl sites for hydroxylation is 1. The minimum atomic E-state index is -0.345. The third-order valence-electron chi connectivity index (χ3n) is 5.98. The Morgan fingerprint density at radius 3 is 2.03 bits per heavy atom. The van der Waals surface area contributed by atoms with E-state index in [2.05, 4.69) is 38.2 Å². The maximum Gasteiger partial charge on any atom is 0.282 e. The highest BCUT2D eigenvalue weighted by molar-refractivity contribution is 6.46. The third kappa shape index (κ3) is 3.84. The molecule has 4 rings (SSSR count). The Hall–Kier alpha value is -3.66. The molecular weight excluding hydrogens is 396 g/mol. The van der Waals surface area contributed by atoms with E-state index in [0.29, 0.717) is 22.5 Å². The minimum Gasteiger partial charge on any atom is -0.350 e. The zero-order valence-electron chi connectivity index (χ0n) is 19.2. The molecule has 0 fully saturated rings. The fraction of sp³-hybridized carbons (Fsp3) is 0.214. The molecule has 4 heteroatoms. The first-order valence-corrected chi connectivity index (χ1v) is 10.8. The molecule has 0 aromatic heterocycles. The van der Waals surface area contributed by atoms with E-state index in [-0.39, 0.29) is 17.2 Å². The normalized spacial score (nSPS) is 14.3. The molecule has 3 aromatic carbocycles. The lowest BCUT2D eigenvalue weighted by atomic mass is 9.87. The van der Waals surface area contributed by atoms with Crippen molar-refractivity contribution in [2.75, 3.05) is 10.2 Å². The van der Waals surface area contributed by atoms with Gasteiger partial charge in [0.2, 0.25) is 0 Å². The van der Waals surface area contributed by atoms with Crippen LogP contribution in [0.4, 0.5) is 11.4 Å². The number of benzene rings is 3. The van der Waals surface area contributed by atoms with Crippen LogP contribution in [0.2, 0.25) is 0 Å². The number of amides is 2. The zero-order chi connectivity index (χ0) is 23.0. The molecule has 162 valence electrons. The fourth-order valence-electron chi connectivity index (χ4n) is 3.91. The van der Waals surface area contributed by atoms with Gasteiger partial charge in [-0.2, -0.15) is 0 Å². The summed E-state index contributed by atoms with van der Waals surface area (Å²) in [6.45, 7) is 10.4. The summed E-state index contributed by atoms with van der Waals surface area (Å²) in [4.78, 5) is 28.4. The van der Waals surface area contributed by atoms with Gasteiger partial charge < -0.3 is 5.32 Å². The van der Waals surface area contributed by atoms with Gasteiger partial charge in [0.15, 0.2) is 0 Å². The highest BCUT2D eigenvalue weighted by atomic mass is 16.2. The van der Waals surface area contributed by atoms with E-state index in [0.717, 1.165) is 16.8 Å². The molecular formula is C28H28N2O2. The molecule has 3 aromatic rings. The minimum absolute atomic E-state index is 0.0334. The first-order chi connectivity index (χ1) is 15.2. The maximum absolute atomic E-state index is 13.6. The second-order valence-electron chi connectivity index (χ2n) is 9.23. The van der Waals surface area contributed by atoms with Crippen molar-refractivity contribution >= 4 is 28.8 Å². The highest BCUT2D eigenvalue weighted by Crippen LogP contribution is 2.36. The second kappa shape index (κ2) is 8.12. The number of hydrogen-bond donors (Lipinski definition) is 1. The molecule has 2 amide bonds. The molecule has 0 radical (unpaired) electrons. The molecule has 0 saturated carbocycles. The predicted octanol–water partition coefficient (Wildman–Crippen LogP) is 6.00. The number of carbonyl (C=O) groups is 2. The van der Waals surface area contributed by atoms with E-state index in [9.17, 15) is 9.59 Å². The van der Waals surface area contributed by atoms with Crippen molar-refractivity contribution in [3.63, 3.8) is 0 Å². The van der Waals surface area contributed by atoms with Crippen molar-refractivity contribution in [1.82, 2.24) is 0 Å². The summed E-state index contributed by atoms with van der Waals surface area (Å²) in [5.41, 5.74) is 5.96. The quantitative estimate of drug-likeness (QED) is 0.523. The Kier molecular flexibility index (Phi) is 5.47. The Morgan fingerprint density at radius 2 is 1.41 bits per heavy atom. The summed E-state index contributed by atoms with van der Waals surface area (Å²) in [6.07, 6.45) is 0. The van der Waals surface area contributed by atoms with E-state index < -0.39 is 0 Å². The lowest BCUT2D eigenvalue weighted by molar-refractivity contribution is -0.120. The van der Waals surface area contributed by atoms with Crippen LogP contribution >= 0.6 is 0 Å². The van der Waals surface area contributed by atoms with Crippen molar-refractivity contribution < 1.29 is 9.59 Å². The van der Waals surface area contributed by atoms with E-state index in [1.807, 2.05) is 74.5 Å². The molecule has 0 bridgehead atoms. The number of anilines is 2. The van der Waals surface area contributed by atoms with Gasteiger partial charge in [-0.25, -0.2) is 4.90 Å². The Labute approximate surface area is 189 Å². The molecule has 1 N–H and O–H groups in total. The van der Waals surface area contributed by atoms with Crippen LogP contribution < -0.4 is 10.2 Å². The zero-order valence-corrected chi connectivity index (χ0v) is 19.2. The molecule has 1 aliphatic heterocycles. The smallest absolute Gasteiger partial charge is 0.282 e. The number of carbonyl (C=O) groups excluding carboxylic acids is 2. The van der Waals surface area contributed by atoms with Crippen LogP contribution in [-0.4, -0.2) is 11.8 Å². The average Bonchev–Trinajstić information content (AvgIpc) is 3.00. The van der Waals surface area contributed by atoms with E-state index >= 15 is 0 Å². The molecule has 1 heterocycles. The Bertz CT molecular complexity index is 1220. The van der Waals surface area contributed by atoms with Crippen LogP contribution in [0.3, 0.4) is 0 Å². The molecule has 4 nitrogen and oxygen atoms in total. The summed E-state index contributed by atoms with van der Waals surface area (Å²) >= 11 is 0. The summed E-state index contributed by atoms with van der Waals surface area (Å²) in [6, 6.07) is 23.0. The van der Waals surface area contributed by atoms with Gasteiger partial charge in [-0.05, 0) is 59.7 Å². The van der Waals surface area contributed by atoms with Gasteiger partial charge in [-0.15, -0.1) is 0 Å². The predicted molar refractivity (Wildman–Crippen MR) is 131 cm³/mol. The van der Waals surface area contributed by atoms with Crippen LogP contribution in [0.1, 0.15) is 43.0 Å². The Morgan fingerprint density at radius 1 is 0.750 bits per heavy atom. The first kappa shape index (κ1) is 21.6. The molecule has 0 saturated heterocycles. The summed E-state index contributed by atoms with van der Waals surface area (Å²) < 4.78 is 0. The highest BCUT2D eigenvalue weighted by Gasteiger charge is 2.40. The van der Waals surface area contributed by atoms with Gasteiger partial charge in [-0.3, -0.25) is 9.59 Å². The van der Waals surface area contributed by atoms with Gasteiger partial charge in [0.1, 0.15) is 5.70 Å². The van der Waals surface area contributed by atoms with Crippen molar-refractivity contribution in [2.24, 2.45) is 0 Å². The molecule has 0 spiro atoms. The van der Waals surface area contributed by atoms with E-state index in [1.165, 1.54) is 10.5 Å². The Balaban J connectivity index is 1.79. The van der Waals surface area contributed by atoms with Gasteiger partial charge in [0.25, 0.3) is 11.8 Å². The van der Waals surface area contributed by atoms with Crippen LogP contribution in [0.25, 0.3) is 5.57 Å². The molecule has 0 unspecified atom stereocenters. The molecule has 1 aliphatic rings. The lowest BCUT2D eigenvalue weighted by Gasteiger charge is -2.20. The number of rotatable bonds is 4. The largest absolute Gasteiger partial charge is 0.350 e. The standard InChI is InChI=1S/C28H28N2O2/c1-18-10-9-13-23(19(18)2)30-26(31)24(20-11-7-6-8-12-20)25(27(30)32)29-22-16-14-21(15-17-22)28(3,4)5/h6-17,29H,1-5H3. The van der Waals surface area contributed by atoms with Crippen LogP contribution in [0, 0.1) is 13.8 Å². The topological polar surface area (TPSA) is 49.4 Å². The number of hydrogen-bond acceptors (Lipinski definition) is 3. The summed E-state index contributed by atoms with van der Waals surface area (Å²) in [7, 11) is 0. The second-order valence-corrected chi connectivity index (χ2v) is 9.23. The van der Waals surface area contributed by atoms with Gasteiger partial charge >= 0.3 is 0 Å². The average molecular weight is 425 g/mol. The van der Waals surface area contributed by atoms with Crippen LogP contribution in [0.5, 0.6) is 0 Å². The maximum atomic E-state index is 13.6. The SMILES string of the molecule is Cc1cccc(N2C(=O)C(Nc3ccc(C(C)(C)C)cc3)=C(c3ccccc3)C2=O)c1C. The summed E-state index contributed by atoms with van der Waals surface area (Å²) in [5.74, 6) is -0.661. The lowest BCUT2D eigenvalue weighted by Crippen LogP contribution is -2.33. The first-order valence-electron chi connectivity index (χ1n) is 10.8. The third-order valence-corrected chi connectivity index (χ3v) is 5.98. The molecule has 0 aliphatic carbocycles. The van der Waals surface area contributed by atoms with E-state index in [4.69, 9.17) is 0 Å². The summed E-state index contributed by atoms with van der Waals surface area (Å²) in [5, 5.41) is 3.25. The van der Waals surface area contributed by atoms with Crippen LogP contribution in [0.15, 0.2) is 78.5 Å². The van der Waals surface area contributed by atoms with Crippen molar-refractivity contribution in [2.45, 2.75) is 40.0 Å². The van der Waals surface area contributed by atoms with Gasteiger partial charge in [0.05, 0.1) is 11.3 Å². The van der Waals surface area contributed by atoms with E-state index in [1.54, 1.807) is 0 Å². The monoisotopic (exact) mass is 424 g/mol. The number of nitrogens with one attached hydrogen (secondary N) is 1. The number of imide groups is 1. The van der Waals surface area contributed by atoms with Gasteiger partial charge in [-0.1, -0.05) is 75.4 Å². The van der Waals surface area contributed by atoms with Crippen LogP contribution in [-0.2, 0) is 15.0 Å². The van der Waals surface area contributed by atoms with Crippen molar-refractivity contribution in [3.05, 3.63) is 101 Å². The van der Waals surface area contributed by atoms with Crippen molar-refractivity contribution in [3.8, 4) is 0 Å².